The van der Waals surface area contributed by atoms with Gasteiger partial charge in [-0.25, -0.2) is 13.2 Å². The number of hydrogen-bond donors (Lipinski definition) is 0. The topological polar surface area (TPSA) is 17.1 Å². The van der Waals surface area contributed by atoms with Gasteiger partial charge in [-0.05, 0) is 0 Å². The van der Waals surface area contributed by atoms with E-state index in [0.29, 0.717) is 0 Å². The van der Waals surface area contributed by atoms with Crippen molar-refractivity contribution in [2.45, 2.75) is 26.4 Å². The molecule has 0 aliphatic rings. The fourth-order valence-electron chi connectivity index (χ4n) is 0.296. The Balaban J connectivity index is 4.22. The lowest BCUT2D eigenvalue weighted by Gasteiger charge is -2.23. The number of hydrogen-bond acceptors (Lipinski definition) is 1. The van der Waals surface area contributed by atoms with E-state index >= 15 is 0 Å². The molecule has 60 valence electrons. The summed E-state index contributed by atoms with van der Waals surface area (Å²) < 4.78 is 36.0. The molecule has 0 bridgehead atoms. The van der Waals surface area contributed by atoms with Gasteiger partial charge in [-0.2, -0.15) is 0 Å². The first-order valence-corrected chi connectivity index (χ1v) is 2.80. The molecule has 0 saturated heterocycles. The van der Waals surface area contributed by atoms with Crippen LogP contribution in [0.15, 0.2) is 0 Å². The van der Waals surface area contributed by atoms with Crippen molar-refractivity contribution in [3.8, 4) is 0 Å². The lowest BCUT2D eigenvalue weighted by atomic mass is 9.89. The van der Waals surface area contributed by atoms with E-state index in [9.17, 15) is 18.0 Å². The molecule has 1 atom stereocenters. The molecule has 0 N–H and O–H groups in total. The second-order valence-electron chi connectivity index (χ2n) is 2.66. The van der Waals surface area contributed by atoms with Gasteiger partial charge in [0.05, 0.1) is 5.41 Å². The number of aldehydes is 1. The van der Waals surface area contributed by atoms with Crippen LogP contribution in [0, 0.1) is 5.41 Å². The molecule has 0 aliphatic heterocycles. The Morgan fingerprint density at radius 3 is 1.80 bits per heavy atom. The lowest BCUT2D eigenvalue weighted by molar-refractivity contribution is -0.121. The lowest BCUT2D eigenvalue weighted by Crippen LogP contribution is -2.33. The third-order valence-corrected chi connectivity index (χ3v) is 1.39. The number of halogens is 3. The molecule has 10 heavy (non-hydrogen) atoms. The highest BCUT2D eigenvalue weighted by molar-refractivity contribution is 5.57. The van der Waals surface area contributed by atoms with Crippen LogP contribution in [0.3, 0.4) is 0 Å². The predicted octanol–water partition coefficient (Wildman–Crippen LogP) is 1.81. The maximum Gasteiger partial charge on any atom is 0.246 e. The number of alkyl halides is 3. The second-order valence-corrected chi connectivity index (χ2v) is 2.66. The summed E-state index contributed by atoms with van der Waals surface area (Å²) in [6.07, 6.45) is -5.01. The average molecular weight is 154 g/mol. The van der Waals surface area contributed by atoms with Crippen LogP contribution in [0.25, 0.3) is 0 Å². The van der Waals surface area contributed by atoms with Gasteiger partial charge in [0.15, 0.2) is 12.5 Å². The third-order valence-electron chi connectivity index (χ3n) is 1.39. The summed E-state index contributed by atoms with van der Waals surface area (Å²) in [5.74, 6) is 0. The zero-order valence-electron chi connectivity index (χ0n) is 5.77. The molecule has 1 nitrogen and oxygen atoms in total. The van der Waals surface area contributed by atoms with E-state index in [2.05, 4.69) is 0 Å². The van der Waals surface area contributed by atoms with Crippen LogP contribution in [0.5, 0.6) is 0 Å². The van der Waals surface area contributed by atoms with Gasteiger partial charge in [-0.1, -0.05) is 13.8 Å². The molecular formula is C6H9F3O. The minimum absolute atomic E-state index is 0.105. The van der Waals surface area contributed by atoms with Gasteiger partial charge in [0.1, 0.15) is 0 Å². The van der Waals surface area contributed by atoms with E-state index in [1.165, 1.54) is 0 Å². The zero-order chi connectivity index (χ0) is 8.36. The monoisotopic (exact) mass is 154 g/mol. The van der Waals surface area contributed by atoms with Crippen molar-refractivity contribution in [1.29, 1.82) is 0 Å². The summed E-state index contributed by atoms with van der Waals surface area (Å²) >= 11 is 0. The molecule has 1 unspecified atom stereocenters. The van der Waals surface area contributed by atoms with Gasteiger partial charge in [0.25, 0.3) is 0 Å². The molecular weight excluding hydrogens is 145 g/mol. The predicted molar refractivity (Wildman–Crippen MR) is 30.7 cm³/mol. The van der Waals surface area contributed by atoms with Gasteiger partial charge < -0.3 is 4.79 Å². The Labute approximate surface area is 57.2 Å². The SMILES string of the molecule is CC(C)(C(F)F)C(F)C=O. The largest absolute Gasteiger partial charge is 0.300 e. The Morgan fingerprint density at radius 1 is 1.30 bits per heavy atom. The van der Waals surface area contributed by atoms with E-state index in [1.54, 1.807) is 0 Å². The molecule has 0 aliphatic carbocycles. The Hall–Kier alpha value is -0.540. The maximum atomic E-state index is 12.3. The van der Waals surface area contributed by atoms with Crippen molar-refractivity contribution in [2.24, 2.45) is 5.41 Å². The summed E-state index contributed by atoms with van der Waals surface area (Å²) in [4.78, 5) is 9.75. The molecule has 4 heteroatoms. The molecule has 0 fully saturated rings. The van der Waals surface area contributed by atoms with Gasteiger partial charge in [0.2, 0.25) is 6.43 Å². The van der Waals surface area contributed by atoms with E-state index in [1.807, 2.05) is 0 Å². The van der Waals surface area contributed by atoms with Crippen LogP contribution >= 0.6 is 0 Å². The van der Waals surface area contributed by atoms with Crippen LogP contribution in [-0.2, 0) is 4.79 Å². The summed E-state index contributed by atoms with van der Waals surface area (Å²) in [6, 6.07) is 0. The van der Waals surface area contributed by atoms with Crippen LogP contribution in [-0.4, -0.2) is 18.9 Å². The molecule has 0 spiro atoms. The van der Waals surface area contributed by atoms with E-state index in [0.717, 1.165) is 13.8 Å². The fraction of sp³-hybridized carbons (Fsp3) is 0.833. The van der Waals surface area contributed by atoms with E-state index in [-0.39, 0.29) is 6.29 Å². The zero-order valence-corrected chi connectivity index (χ0v) is 5.77. The first-order valence-electron chi connectivity index (χ1n) is 2.80. The summed E-state index contributed by atoms with van der Waals surface area (Å²) in [5, 5.41) is 0. The molecule has 0 saturated carbocycles. The van der Waals surface area contributed by atoms with Gasteiger partial charge >= 0.3 is 0 Å². The van der Waals surface area contributed by atoms with Crippen molar-refractivity contribution in [3.63, 3.8) is 0 Å². The minimum Gasteiger partial charge on any atom is -0.300 e. The van der Waals surface area contributed by atoms with Crippen molar-refractivity contribution in [3.05, 3.63) is 0 Å². The smallest absolute Gasteiger partial charge is 0.246 e. The quantitative estimate of drug-likeness (QED) is 0.566. The molecule has 0 radical (unpaired) electrons. The molecule has 0 aromatic rings. The van der Waals surface area contributed by atoms with E-state index < -0.39 is 18.0 Å². The molecule has 0 aromatic carbocycles. The van der Waals surface area contributed by atoms with Crippen molar-refractivity contribution < 1.29 is 18.0 Å². The highest BCUT2D eigenvalue weighted by atomic mass is 19.3. The molecule has 0 amide bonds. The minimum atomic E-state index is -2.81. The van der Waals surface area contributed by atoms with Crippen molar-refractivity contribution in [2.75, 3.05) is 0 Å². The number of rotatable bonds is 3. The second kappa shape index (κ2) is 3.03. The maximum absolute atomic E-state index is 12.3. The first kappa shape index (κ1) is 9.46. The van der Waals surface area contributed by atoms with Crippen LogP contribution in [0.4, 0.5) is 13.2 Å². The molecule has 0 heterocycles. The van der Waals surface area contributed by atoms with Crippen LogP contribution < -0.4 is 0 Å². The van der Waals surface area contributed by atoms with Crippen molar-refractivity contribution in [1.82, 2.24) is 0 Å². The summed E-state index contributed by atoms with van der Waals surface area (Å²) in [6.45, 7) is 2.02. The fourth-order valence-corrected chi connectivity index (χ4v) is 0.296. The summed E-state index contributed by atoms with van der Waals surface area (Å²) in [7, 11) is 0. The van der Waals surface area contributed by atoms with E-state index in [4.69, 9.17) is 0 Å². The normalized spacial score (nSPS) is 15.4. The number of carbonyl (C=O) groups excluding carboxylic acids is 1. The third kappa shape index (κ3) is 1.72. The number of carbonyl (C=O) groups is 1. The Kier molecular flexibility index (Phi) is 2.87. The highest BCUT2D eigenvalue weighted by Gasteiger charge is 2.38. The van der Waals surface area contributed by atoms with Crippen molar-refractivity contribution >= 4 is 6.29 Å². The average Bonchev–Trinajstić information content (AvgIpc) is 1.86. The Bertz CT molecular complexity index is 122. The summed E-state index contributed by atoms with van der Waals surface area (Å²) in [5.41, 5.74) is -1.86. The molecule has 0 rings (SSSR count). The van der Waals surface area contributed by atoms with Gasteiger partial charge in [0, 0.05) is 0 Å². The van der Waals surface area contributed by atoms with Crippen LogP contribution in [0.2, 0.25) is 0 Å². The first-order chi connectivity index (χ1) is 4.42. The highest BCUT2D eigenvalue weighted by Crippen LogP contribution is 2.29. The van der Waals surface area contributed by atoms with Gasteiger partial charge in [-0.3, -0.25) is 0 Å². The van der Waals surface area contributed by atoms with Gasteiger partial charge in [-0.15, -0.1) is 0 Å². The standard InChI is InChI=1S/C6H9F3O/c1-6(2,5(8)9)4(7)3-10/h3-5H,1-2H3. The Morgan fingerprint density at radius 2 is 1.70 bits per heavy atom. The van der Waals surface area contributed by atoms with Crippen LogP contribution in [0.1, 0.15) is 13.8 Å². The molecule has 0 aromatic heterocycles.